The van der Waals surface area contributed by atoms with E-state index in [4.69, 9.17) is 5.84 Å². The monoisotopic (exact) mass is 237 g/mol. The molecule has 5 heteroatoms. The average molecular weight is 237 g/mol. The van der Waals surface area contributed by atoms with Crippen LogP contribution in [0, 0.1) is 0 Å². The summed E-state index contributed by atoms with van der Waals surface area (Å²) in [6, 6.07) is 10.1. The molecule has 0 radical (unpaired) electrons. The van der Waals surface area contributed by atoms with E-state index in [1.165, 1.54) is 0 Å². The summed E-state index contributed by atoms with van der Waals surface area (Å²) in [5, 5.41) is 0.991. The molecular formula is C12H13F2N3. The second-order valence-electron chi connectivity index (χ2n) is 3.81. The molecule has 0 aliphatic carbocycles. The number of rotatable bonds is 4. The highest BCUT2D eigenvalue weighted by molar-refractivity contribution is 5.78. The number of nitrogens with zero attached hydrogens (tertiary/aromatic N) is 1. The molecule has 1 aromatic heterocycles. The summed E-state index contributed by atoms with van der Waals surface area (Å²) in [6.07, 6.45) is -2.40. The Labute approximate surface area is 97.6 Å². The van der Waals surface area contributed by atoms with E-state index < -0.39 is 12.5 Å². The first-order chi connectivity index (χ1) is 8.20. The Balaban J connectivity index is 2.24. The standard InChI is InChI=1S/C12H13F2N3/c13-12(14)11(17-15)7-9-6-5-8-3-1-2-4-10(8)16-9/h1-6,11-12,17H,7,15H2. The van der Waals surface area contributed by atoms with E-state index >= 15 is 0 Å². The fourth-order valence-electron chi connectivity index (χ4n) is 1.67. The van der Waals surface area contributed by atoms with E-state index in [2.05, 4.69) is 10.4 Å². The van der Waals surface area contributed by atoms with E-state index in [0.29, 0.717) is 5.69 Å². The van der Waals surface area contributed by atoms with E-state index in [1.807, 2.05) is 30.3 Å². The molecular weight excluding hydrogens is 224 g/mol. The van der Waals surface area contributed by atoms with Gasteiger partial charge in [-0.3, -0.25) is 16.3 Å². The summed E-state index contributed by atoms with van der Waals surface area (Å²) >= 11 is 0. The molecule has 0 aliphatic heterocycles. The molecule has 17 heavy (non-hydrogen) atoms. The van der Waals surface area contributed by atoms with E-state index in [0.717, 1.165) is 10.9 Å². The molecule has 0 saturated carbocycles. The van der Waals surface area contributed by atoms with Gasteiger partial charge in [-0.1, -0.05) is 24.3 Å². The SMILES string of the molecule is NNC(Cc1ccc2ccccc2n1)C(F)F. The van der Waals surface area contributed by atoms with E-state index in [9.17, 15) is 8.78 Å². The van der Waals surface area contributed by atoms with Crippen LogP contribution in [-0.4, -0.2) is 17.5 Å². The molecule has 1 aromatic carbocycles. The normalized spacial score (nSPS) is 13.2. The highest BCUT2D eigenvalue weighted by Crippen LogP contribution is 2.14. The first kappa shape index (κ1) is 11.9. The molecule has 2 rings (SSSR count). The van der Waals surface area contributed by atoms with Crippen molar-refractivity contribution >= 4 is 10.9 Å². The molecule has 3 nitrogen and oxygen atoms in total. The lowest BCUT2D eigenvalue weighted by atomic mass is 10.1. The topological polar surface area (TPSA) is 50.9 Å². The Morgan fingerprint density at radius 1 is 1.18 bits per heavy atom. The molecule has 1 atom stereocenters. The predicted molar refractivity (Wildman–Crippen MR) is 62.6 cm³/mol. The van der Waals surface area contributed by atoms with Crippen LogP contribution in [0.25, 0.3) is 10.9 Å². The summed E-state index contributed by atoms with van der Waals surface area (Å²) in [6.45, 7) is 0. The maximum Gasteiger partial charge on any atom is 0.255 e. The summed E-state index contributed by atoms with van der Waals surface area (Å²) in [4.78, 5) is 4.32. The molecule has 0 amide bonds. The molecule has 1 unspecified atom stereocenters. The molecule has 0 bridgehead atoms. The Kier molecular flexibility index (Phi) is 3.61. The number of pyridine rings is 1. The average Bonchev–Trinajstić information content (AvgIpc) is 2.35. The van der Waals surface area contributed by atoms with Crippen LogP contribution in [-0.2, 0) is 6.42 Å². The molecule has 90 valence electrons. The molecule has 0 aliphatic rings. The first-order valence-electron chi connectivity index (χ1n) is 5.29. The van der Waals surface area contributed by atoms with Crippen LogP contribution in [0.2, 0.25) is 0 Å². The number of nitrogens with two attached hydrogens (primary N) is 1. The van der Waals surface area contributed by atoms with E-state index in [-0.39, 0.29) is 6.42 Å². The van der Waals surface area contributed by atoms with Crippen molar-refractivity contribution in [1.82, 2.24) is 10.4 Å². The van der Waals surface area contributed by atoms with Gasteiger partial charge in [0.15, 0.2) is 0 Å². The van der Waals surface area contributed by atoms with Crippen LogP contribution in [0.5, 0.6) is 0 Å². The van der Waals surface area contributed by atoms with Gasteiger partial charge in [0.1, 0.15) is 0 Å². The Morgan fingerprint density at radius 3 is 2.65 bits per heavy atom. The van der Waals surface area contributed by atoms with Crippen LogP contribution < -0.4 is 11.3 Å². The molecule has 2 aromatic rings. The van der Waals surface area contributed by atoms with Crippen molar-refractivity contribution < 1.29 is 8.78 Å². The van der Waals surface area contributed by atoms with Crippen molar-refractivity contribution in [2.24, 2.45) is 5.84 Å². The number of alkyl halides is 2. The fourth-order valence-corrected chi connectivity index (χ4v) is 1.67. The molecule has 0 fully saturated rings. The molecule has 0 saturated heterocycles. The van der Waals surface area contributed by atoms with Crippen LogP contribution in [0.15, 0.2) is 36.4 Å². The summed E-state index contributed by atoms with van der Waals surface area (Å²) in [5.41, 5.74) is 3.51. The van der Waals surface area contributed by atoms with Gasteiger partial charge in [-0.25, -0.2) is 8.78 Å². The van der Waals surface area contributed by atoms with Crippen molar-refractivity contribution in [1.29, 1.82) is 0 Å². The minimum atomic E-state index is -2.51. The van der Waals surface area contributed by atoms with Crippen LogP contribution in [0.3, 0.4) is 0 Å². The van der Waals surface area contributed by atoms with Gasteiger partial charge in [0.05, 0.1) is 11.6 Å². The van der Waals surface area contributed by atoms with Crippen molar-refractivity contribution in [3.8, 4) is 0 Å². The smallest absolute Gasteiger partial charge is 0.255 e. The van der Waals surface area contributed by atoms with Crippen molar-refractivity contribution in [2.45, 2.75) is 18.9 Å². The lowest BCUT2D eigenvalue weighted by Gasteiger charge is -2.14. The molecule has 0 spiro atoms. The van der Waals surface area contributed by atoms with Crippen LogP contribution in [0.4, 0.5) is 8.78 Å². The predicted octanol–water partition coefficient (Wildman–Crippen LogP) is 1.87. The zero-order chi connectivity index (χ0) is 12.3. The zero-order valence-corrected chi connectivity index (χ0v) is 9.11. The Hall–Kier alpha value is -1.59. The third-order valence-corrected chi connectivity index (χ3v) is 2.60. The van der Waals surface area contributed by atoms with Gasteiger partial charge in [-0.15, -0.1) is 0 Å². The summed E-state index contributed by atoms with van der Waals surface area (Å²) < 4.78 is 25.1. The highest BCUT2D eigenvalue weighted by atomic mass is 19.3. The van der Waals surface area contributed by atoms with Gasteiger partial charge in [0.2, 0.25) is 0 Å². The second kappa shape index (κ2) is 5.16. The first-order valence-corrected chi connectivity index (χ1v) is 5.29. The largest absolute Gasteiger partial charge is 0.271 e. The van der Waals surface area contributed by atoms with Crippen LogP contribution >= 0.6 is 0 Å². The maximum atomic E-state index is 12.5. The van der Waals surface area contributed by atoms with Gasteiger partial charge >= 0.3 is 0 Å². The molecule has 1 heterocycles. The number of aromatic nitrogens is 1. The Bertz CT molecular complexity index is 502. The third kappa shape index (κ3) is 2.75. The lowest BCUT2D eigenvalue weighted by molar-refractivity contribution is 0.0980. The molecule has 3 N–H and O–H groups in total. The quantitative estimate of drug-likeness (QED) is 0.630. The number of benzene rings is 1. The fraction of sp³-hybridized carbons (Fsp3) is 0.250. The van der Waals surface area contributed by atoms with Gasteiger partial charge < -0.3 is 0 Å². The third-order valence-electron chi connectivity index (χ3n) is 2.60. The zero-order valence-electron chi connectivity index (χ0n) is 9.11. The number of nitrogens with one attached hydrogen (secondary N) is 1. The van der Waals surface area contributed by atoms with Crippen molar-refractivity contribution in [2.75, 3.05) is 0 Å². The number of hydrogen-bond donors (Lipinski definition) is 2. The number of hydrogen-bond acceptors (Lipinski definition) is 3. The van der Waals surface area contributed by atoms with Gasteiger partial charge in [0, 0.05) is 17.5 Å². The minimum absolute atomic E-state index is 0.110. The van der Waals surface area contributed by atoms with Crippen molar-refractivity contribution in [3.05, 3.63) is 42.1 Å². The summed E-state index contributed by atoms with van der Waals surface area (Å²) in [5.74, 6) is 5.08. The van der Waals surface area contributed by atoms with Gasteiger partial charge in [-0.2, -0.15) is 0 Å². The lowest BCUT2D eigenvalue weighted by Crippen LogP contribution is -2.42. The maximum absolute atomic E-state index is 12.5. The number of fused-ring (bicyclic) bond motifs is 1. The van der Waals surface area contributed by atoms with Gasteiger partial charge in [0.25, 0.3) is 6.43 Å². The van der Waals surface area contributed by atoms with Gasteiger partial charge in [-0.05, 0) is 12.1 Å². The Morgan fingerprint density at radius 2 is 1.94 bits per heavy atom. The van der Waals surface area contributed by atoms with Crippen molar-refractivity contribution in [3.63, 3.8) is 0 Å². The number of para-hydroxylation sites is 1. The van der Waals surface area contributed by atoms with Crippen LogP contribution in [0.1, 0.15) is 5.69 Å². The summed E-state index contributed by atoms with van der Waals surface area (Å²) in [7, 11) is 0. The van der Waals surface area contributed by atoms with E-state index in [1.54, 1.807) is 6.07 Å². The highest BCUT2D eigenvalue weighted by Gasteiger charge is 2.19. The minimum Gasteiger partial charge on any atom is -0.271 e. The second-order valence-corrected chi connectivity index (χ2v) is 3.81. The number of halogens is 2. The number of hydrazine groups is 1.